The Bertz CT molecular complexity index is 596. The summed E-state index contributed by atoms with van der Waals surface area (Å²) < 4.78 is 49.4. The molecular weight excluding hydrogens is 265 g/mol. The van der Waals surface area contributed by atoms with Crippen molar-refractivity contribution in [2.75, 3.05) is 20.0 Å². The van der Waals surface area contributed by atoms with Gasteiger partial charge in [0.1, 0.15) is 11.8 Å². The molecule has 0 amide bonds. The lowest BCUT2D eigenvalue weighted by Crippen LogP contribution is -2.22. The van der Waals surface area contributed by atoms with Crippen LogP contribution >= 0.6 is 0 Å². The summed E-state index contributed by atoms with van der Waals surface area (Å²) in [7, 11) is 2.26. The summed E-state index contributed by atoms with van der Waals surface area (Å²) in [6.45, 7) is 0. The van der Waals surface area contributed by atoms with Crippen LogP contribution in [0.3, 0.4) is 0 Å². The smallest absolute Gasteiger partial charge is 0.418 e. The number of ether oxygens (including phenoxy) is 2. The Labute approximate surface area is 105 Å². The molecule has 2 aromatic rings. The van der Waals surface area contributed by atoms with E-state index in [1.807, 2.05) is 0 Å². The first-order chi connectivity index (χ1) is 8.90. The zero-order valence-electron chi connectivity index (χ0n) is 10.1. The maximum atomic E-state index is 12.9. The second-order valence-corrected chi connectivity index (χ2v) is 3.71. The largest absolute Gasteiger partial charge is 0.491 e. The summed E-state index contributed by atoms with van der Waals surface area (Å²) in [6.07, 6.45) is -4.41. The quantitative estimate of drug-likeness (QED) is 0.921. The van der Waals surface area contributed by atoms with Crippen LogP contribution in [-0.4, -0.2) is 35.0 Å². The van der Waals surface area contributed by atoms with Gasteiger partial charge in [-0.3, -0.25) is 0 Å². The van der Waals surface area contributed by atoms with Gasteiger partial charge in [0.05, 0.1) is 13.3 Å². The van der Waals surface area contributed by atoms with Crippen LogP contribution in [0.1, 0.15) is 11.7 Å². The Hall–Kier alpha value is -2.03. The highest BCUT2D eigenvalue weighted by atomic mass is 19.4. The fourth-order valence-electron chi connectivity index (χ4n) is 1.83. The molecule has 0 saturated carbocycles. The monoisotopic (exact) mass is 276 g/mol. The molecule has 104 valence electrons. The Kier molecular flexibility index (Phi) is 3.23. The maximum Gasteiger partial charge on any atom is 0.418 e. The zero-order chi connectivity index (χ0) is 14.2. The second-order valence-electron chi connectivity index (χ2n) is 3.71. The molecule has 0 aromatic carbocycles. The molecule has 0 aliphatic carbocycles. The Balaban J connectivity index is 2.71. The molecule has 2 rings (SSSR count). The molecule has 0 bridgehead atoms. The number of anilines is 1. The molecule has 2 aromatic heterocycles. The predicted molar refractivity (Wildman–Crippen MR) is 59.8 cm³/mol. The first-order valence-electron chi connectivity index (χ1n) is 5.15. The number of methoxy groups -OCH3 is 2. The van der Waals surface area contributed by atoms with E-state index in [4.69, 9.17) is 10.5 Å². The zero-order valence-corrected chi connectivity index (χ0v) is 10.1. The summed E-state index contributed by atoms with van der Waals surface area (Å²) in [5, 5.41) is 3.79. The lowest BCUT2D eigenvalue weighted by Gasteiger charge is -2.18. The van der Waals surface area contributed by atoms with Crippen LogP contribution in [0.25, 0.3) is 5.52 Å². The van der Waals surface area contributed by atoms with Crippen LogP contribution in [-0.2, 0) is 4.74 Å². The molecule has 0 saturated heterocycles. The number of halogens is 3. The fraction of sp³-hybridized carbons (Fsp3) is 0.400. The van der Waals surface area contributed by atoms with Gasteiger partial charge in [-0.1, -0.05) is 0 Å². The van der Waals surface area contributed by atoms with Gasteiger partial charge in [0.15, 0.2) is 17.7 Å². The average molecular weight is 276 g/mol. The minimum Gasteiger partial charge on any atom is -0.491 e. The SMILES string of the molecule is COc1c(N)ncn2ncc(C(OC)C(F)(F)F)c12. The number of alkyl halides is 3. The number of nitrogens with two attached hydrogens (primary N) is 1. The number of hydrogen-bond acceptors (Lipinski definition) is 5. The third-order valence-electron chi connectivity index (χ3n) is 2.60. The van der Waals surface area contributed by atoms with Gasteiger partial charge < -0.3 is 15.2 Å². The number of aromatic nitrogens is 3. The van der Waals surface area contributed by atoms with E-state index in [0.29, 0.717) is 0 Å². The molecule has 19 heavy (non-hydrogen) atoms. The van der Waals surface area contributed by atoms with E-state index in [9.17, 15) is 13.2 Å². The van der Waals surface area contributed by atoms with Gasteiger partial charge in [-0.15, -0.1) is 0 Å². The van der Waals surface area contributed by atoms with Gasteiger partial charge in [0.2, 0.25) is 0 Å². The molecule has 2 N–H and O–H groups in total. The maximum absolute atomic E-state index is 12.9. The molecule has 6 nitrogen and oxygen atoms in total. The number of rotatable bonds is 3. The molecule has 0 fully saturated rings. The van der Waals surface area contributed by atoms with Crippen molar-refractivity contribution in [3.05, 3.63) is 18.1 Å². The molecule has 1 unspecified atom stereocenters. The molecule has 0 radical (unpaired) electrons. The fourth-order valence-corrected chi connectivity index (χ4v) is 1.83. The first kappa shape index (κ1) is 13.4. The van der Waals surface area contributed by atoms with E-state index in [1.165, 1.54) is 13.4 Å². The normalized spacial score (nSPS) is 13.7. The van der Waals surface area contributed by atoms with Crippen LogP contribution in [0.15, 0.2) is 12.5 Å². The van der Waals surface area contributed by atoms with Crippen LogP contribution in [0.5, 0.6) is 5.75 Å². The van der Waals surface area contributed by atoms with Crippen molar-refractivity contribution in [3.63, 3.8) is 0 Å². The van der Waals surface area contributed by atoms with E-state index >= 15 is 0 Å². The van der Waals surface area contributed by atoms with Crippen LogP contribution in [0.4, 0.5) is 19.0 Å². The van der Waals surface area contributed by atoms with Crippen molar-refractivity contribution < 1.29 is 22.6 Å². The highest BCUT2D eigenvalue weighted by Gasteiger charge is 2.43. The third-order valence-corrected chi connectivity index (χ3v) is 2.60. The molecule has 2 heterocycles. The second kappa shape index (κ2) is 4.57. The van der Waals surface area contributed by atoms with Crippen molar-refractivity contribution in [2.24, 2.45) is 0 Å². The van der Waals surface area contributed by atoms with E-state index in [0.717, 1.165) is 17.8 Å². The van der Waals surface area contributed by atoms with E-state index in [-0.39, 0.29) is 22.6 Å². The van der Waals surface area contributed by atoms with E-state index < -0.39 is 12.3 Å². The number of nitrogens with zero attached hydrogens (tertiary/aromatic N) is 3. The summed E-state index contributed by atoms with van der Waals surface area (Å²) in [6, 6.07) is 0. The summed E-state index contributed by atoms with van der Waals surface area (Å²) >= 11 is 0. The van der Waals surface area contributed by atoms with Gasteiger partial charge in [-0.2, -0.15) is 18.3 Å². The van der Waals surface area contributed by atoms with Gasteiger partial charge >= 0.3 is 6.18 Å². The van der Waals surface area contributed by atoms with E-state index in [2.05, 4.69) is 14.8 Å². The highest BCUT2D eigenvalue weighted by Crippen LogP contribution is 2.40. The standard InChI is InChI=1S/C10H11F3N4O2/c1-18-7-6-5(8(19-2)10(11,12)13)3-16-17(6)4-15-9(7)14/h3-4,8H,14H2,1-2H3. The Morgan fingerprint density at radius 2 is 2.05 bits per heavy atom. The van der Waals surface area contributed by atoms with Gasteiger partial charge in [-0.05, 0) is 0 Å². The molecular formula is C10H11F3N4O2. The lowest BCUT2D eigenvalue weighted by molar-refractivity contribution is -0.215. The van der Waals surface area contributed by atoms with Crippen molar-refractivity contribution in [1.29, 1.82) is 0 Å². The topological polar surface area (TPSA) is 74.7 Å². The molecule has 0 aliphatic heterocycles. The van der Waals surface area contributed by atoms with Crippen molar-refractivity contribution >= 4 is 11.3 Å². The molecule has 0 spiro atoms. The first-order valence-corrected chi connectivity index (χ1v) is 5.15. The van der Waals surface area contributed by atoms with Gasteiger partial charge in [-0.25, -0.2) is 9.50 Å². The van der Waals surface area contributed by atoms with E-state index in [1.54, 1.807) is 0 Å². The minimum absolute atomic E-state index is 0.0197. The average Bonchev–Trinajstić information content (AvgIpc) is 2.72. The van der Waals surface area contributed by atoms with Crippen molar-refractivity contribution in [3.8, 4) is 5.75 Å². The molecule has 9 heteroatoms. The third kappa shape index (κ3) is 2.16. The van der Waals surface area contributed by atoms with Crippen molar-refractivity contribution in [1.82, 2.24) is 14.6 Å². The Morgan fingerprint density at radius 3 is 2.58 bits per heavy atom. The number of nitrogen functional groups attached to an aromatic ring is 1. The summed E-state index contributed by atoms with van der Waals surface area (Å²) in [4.78, 5) is 3.77. The van der Waals surface area contributed by atoms with Crippen LogP contribution < -0.4 is 10.5 Å². The summed E-state index contributed by atoms with van der Waals surface area (Å²) in [5.74, 6) is 0.00933. The number of hydrogen-bond donors (Lipinski definition) is 1. The number of fused-ring (bicyclic) bond motifs is 1. The molecule has 0 aliphatic rings. The Morgan fingerprint density at radius 1 is 1.37 bits per heavy atom. The van der Waals surface area contributed by atoms with Gasteiger partial charge in [0, 0.05) is 12.7 Å². The highest BCUT2D eigenvalue weighted by molar-refractivity contribution is 5.72. The predicted octanol–water partition coefficient (Wildman–Crippen LogP) is 1.57. The lowest BCUT2D eigenvalue weighted by atomic mass is 10.1. The minimum atomic E-state index is -4.57. The van der Waals surface area contributed by atoms with Crippen molar-refractivity contribution in [2.45, 2.75) is 12.3 Å². The van der Waals surface area contributed by atoms with Crippen LogP contribution in [0.2, 0.25) is 0 Å². The summed E-state index contributed by atoms with van der Waals surface area (Å²) in [5.41, 5.74) is 5.48. The van der Waals surface area contributed by atoms with Gasteiger partial charge in [0.25, 0.3) is 0 Å². The van der Waals surface area contributed by atoms with Crippen LogP contribution in [0, 0.1) is 0 Å². The molecule has 1 atom stereocenters.